The largest absolute Gasteiger partial charge is 0.480 e. The van der Waals surface area contributed by atoms with Gasteiger partial charge in [0.25, 0.3) is 5.91 Å². The van der Waals surface area contributed by atoms with Gasteiger partial charge in [-0.15, -0.1) is 0 Å². The Hall–Kier alpha value is -2.08. The van der Waals surface area contributed by atoms with Crippen LogP contribution in [0.1, 0.15) is 37.6 Å². The number of carbonyl (C=O) groups excluding carboxylic acids is 1. The number of rotatable bonds is 7. The van der Waals surface area contributed by atoms with Crippen molar-refractivity contribution in [1.29, 1.82) is 0 Å². The third-order valence-electron chi connectivity index (χ3n) is 4.63. The maximum absolute atomic E-state index is 12.5. The van der Waals surface area contributed by atoms with Crippen LogP contribution in [0.5, 0.6) is 0 Å². The predicted molar refractivity (Wildman–Crippen MR) is 99.2 cm³/mol. The molecule has 1 aliphatic heterocycles. The first-order valence-electron chi connectivity index (χ1n) is 9.02. The van der Waals surface area contributed by atoms with E-state index in [1.165, 1.54) is 4.90 Å². The number of nitrogens with zero attached hydrogens (tertiary/aromatic N) is 3. The van der Waals surface area contributed by atoms with Crippen LogP contribution in [0.2, 0.25) is 0 Å². The van der Waals surface area contributed by atoms with Gasteiger partial charge in [-0.3, -0.25) is 14.5 Å². The second kappa shape index (κ2) is 8.85. The molecule has 1 saturated heterocycles. The summed E-state index contributed by atoms with van der Waals surface area (Å²) in [7, 11) is 0. The molecule has 0 aliphatic carbocycles. The standard InChI is InChI=1S/C19H29N3O3/c1-4-9-22(14-18(23)24)19(25)16-5-7-17(8-6-16)21-12-10-20(11-13-21)15(2)3/h5-8,15H,4,9-14H2,1-3H3,(H,23,24). The number of carbonyl (C=O) groups is 2. The number of hydrogen-bond donors (Lipinski definition) is 1. The van der Waals surface area contributed by atoms with Crippen LogP contribution in [0, 0.1) is 0 Å². The lowest BCUT2D eigenvalue weighted by atomic mass is 10.1. The zero-order chi connectivity index (χ0) is 18.4. The number of piperazine rings is 1. The summed E-state index contributed by atoms with van der Waals surface area (Å²) in [5, 5.41) is 8.98. The van der Waals surface area contributed by atoms with E-state index in [0.29, 0.717) is 18.2 Å². The molecule has 6 heteroatoms. The molecule has 0 radical (unpaired) electrons. The van der Waals surface area contributed by atoms with Gasteiger partial charge in [-0.05, 0) is 44.5 Å². The molecule has 1 amide bonds. The monoisotopic (exact) mass is 347 g/mol. The molecule has 1 aromatic rings. The average molecular weight is 347 g/mol. The summed E-state index contributed by atoms with van der Waals surface area (Å²) in [6.07, 6.45) is 0.733. The van der Waals surface area contributed by atoms with Crippen LogP contribution in [0.25, 0.3) is 0 Å². The number of anilines is 1. The van der Waals surface area contributed by atoms with Crippen molar-refractivity contribution < 1.29 is 14.7 Å². The molecule has 0 spiro atoms. The van der Waals surface area contributed by atoms with Gasteiger partial charge in [0, 0.05) is 50.0 Å². The molecule has 0 atom stereocenters. The summed E-state index contributed by atoms with van der Waals surface area (Å²) in [4.78, 5) is 29.6. The Labute approximate surface area is 150 Å². The van der Waals surface area contributed by atoms with E-state index >= 15 is 0 Å². The Morgan fingerprint density at radius 2 is 1.72 bits per heavy atom. The first-order chi connectivity index (χ1) is 11.9. The molecular weight excluding hydrogens is 318 g/mol. The Balaban J connectivity index is 2.01. The topological polar surface area (TPSA) is 64.1 Å². The van der Waals surface area contributed by atoms with E-state index < -0.39 is 5.97 Å². The minimum atomic E-state index is -0.985. The van der Waals surface area contributed by atoms with E-state index in [1.807, 2.05) is 19.1 Å². The first kappa shape index (κ1) is 19.2. The summed E-state index contributed by atoms with van der Waals surface area (Å²) in [5.74, 6) is -1.21. The van der Waals surface area contributed by atoms with Gasteiger partial charge in [-0.2, -0.15) is 0 Å². The molecule has 0 aromatic heterocycles. The number of carboxylic acid groups (broad SMARTS) is 1. The quantitative estimate of drug-likeness (QED) is 0.819. The number of aliphatic carboxylic acids is 1. The van der Waals surface area contributed by atoms with Crippen molar-refractivity contribution in [2.75, 3.05) is 44.2 Å². The molecule has 2 rings (SSSR count). The van der Waals surface area contributed by atoms with Crippen LogP contribution in [0.3, 0.4) is 0 Å². The summed E-state index contributed by atoms with van der Waals surface area (Å²) in [6, 6.07) is 8.10. The molecular formula is C19H29N3O3. The number of benzene rings is 1. The third-order valence-corrected chi connectivity index (χ3v) is 4.63. The van der Waals surface area contributed by atoms with Crippen LogP contribution in [-0.2, 0) is 4.79 Å². The molecule has 1 heterocycles. The highest BCUT2D eigenvalue weighted by molar-refractivity contribution is 5.96. The molecule has 138 valence electrons. The minimum Gasteiger partial charge on any atom is -0.480 e. The second-order valence-electron chi connectivity index (χ2n) is 6.78. The molecule has 0 unspecified atom stereocenters. The van der Waals surface area contributed by atoms with E-state index in [0.717, 1.165) is 38.3 Å². The van der Waals surface area contributed by atoms with Crippen molar-refractivity contribution in [3.8, 4) is 0 Å². The van der Waals surface area contributed by atoms with Gasteiger partial charge in [0.15, 0.2) is 0 Å². The minimum absolute atomic E-state index is 0.222. The molecule has 0 saturated carbocycles. The maximum atomic E-state index is 12.5. The molecule has 1 aliphatic rings. The highest BCUT2D eigenvalue weighted by Crippen LogP contribution is 2.19. The van der Waals surface area contributed by atoms with Crippen molar-refractivity contribution in [1.82, 2.24) is 9.80 Å². The molecule has 1 fully saturated rings. The number of carboxylic acids is 1. The van der Waals surface area contributed by atoms with E-state index in [-0.39, 0.29) is 12.5 Å². The van der Waals surface area contributed by atoms with Crippen LogP contribution in [0.4, 0.5) is 5.69 Å². The van der Waals surface area contributed by atoms with E-state index in [2.05, 4.69) is 23.6 Å². The fourth-order valence-corrected chi connectivity index (χ4v) is 3.18. The molecule has 1 aromatic carbocycles. The van der Waals surface area contributed by atoms with E-state index in [1.54, 1.807) is 12.1 Å². The third kappa shape index (κ3) is 5.19. The predicted octanol–water partition coefficient (Wildman–Crippen LogP) is 2.15. The van der Waals surface area contributed by atoms with Crippen LogP contribution in [0.15, 0.2) is 24.3 Å². The van der Waals surface area contributed by atoms with Crippen molar-refractivity contribution >= 4 is 17.6 Å². The SMILES string of the molecule is CCCN(CC(=O)O)C(=O)c1ccc(N2CCN(C(C)C)CC2)cc1. The van der Waals surface area contributed by atoms with Crippen molar-refractivity contribution in [3.63, 3.8) is 0 Å². The van der Waals surface area contributed by atoms with Gasteiger partial charge in [0.2, 0.25) is 0 Å². The van der Waals surface area contributed by atoms with Gasteiger partial charge in [-0.25, -0.2) is 0 Å². The van der Waals surface area contributed by atoms with Crippen molar-refractivity contribution in [2.45, 2.75) is 33.2 Å². The van der Waals surface area contributed by atoms with Gasteiger partial charge in [0.05, 0.1) is 0 Å². The zero-order valence-electron chi connectivity index (χ0n) is 15.4. The lowest BCUT2D eigenvalue weighted by Crippen LogP contribution is -2.48. The van der Waals surface area contributed by atoms with Crippen molar-refractivity contribution in [2.24, 2.45) is 0 Å². The lowest BCUT2D eigenvalue weighted by molar-refractivity contribution is -0.137. The molecule has 25 heavy (non-hydrogen) atoms. The highest BCUT2D eigenvalue weighted by Gasteiger charge is 2.20. The van der Waals surface area contributed by atoms with Crippen LogP contribution in [-0.4, -0.2) is 72.1 Å². The van der Waals surface area contributed by atoms with E-state index in [4.69, 9.17) is 5.11 Å². The lowest BCUT2D eigenvalue weighted by Gasteiger charge is -2.38. The number of hydrogen-bond acceptors (Lipinski definition) is 4. The van der Waals surface area contributed by atoms with Gasteiger partial charge >= 0.3 is 5.97 Å². The van der Waals surface area contributed by atoms with Gasteiger partial charge in [0.1, 0.15) is 6.54 Å². The average Bonchev–Trinajstić information content (AvgIpc) is 2.60. The smallest absolute Gasteiger partial charge is 0.323 e. The Morgan fingerprint density at radius 3 is 2.20 bits per heavy atom. The summed E-state index contributed by atoms with van der Waals surface area (Å²) in [5.41, 5.74) is 1.65. The Kier molecular flexibility index (Phi) is 6.82. The van der Waals surface area contributed by atoms with Gasteiger partial charge < -0.3 is 14.9 Å². The maximum Gasteiger partial charge on any atom is 0.323 e. The zero-order valence-corrected chi connectivity index (χ0v) is 15.4. The molecule has 0 bridgehead atoms. The van der Waals surface area contributed by atoms with Gasteiger partial charge in [-0.1, -0.05) is 6.92 Å². The Morgan fingerprint density at radius 1 is 1.12 bits per heavy atom. The van der Waals surface area contributed by atoms with Crippen LogP contribution < -0.4 is 4.90 Å². The normalized spacial score (nSPS) is 15.4. The fourth-order valence-electron chi connectivity index (χ4n) is 3.18. The summed E-state index contributed by atoms with van der Waals surface area (Å²) < 4.78 is 0. The Bertz CT molecular complexity index is 578. The summed E-state index contributed by atoms with van der Waals surface area (Å²) >= 11 is 0. The summed E-state index contributed by atoms with van der Waals surface area (Å²) in [6.45, 7) is 10.6. The van der Waals surface area contributed by atoms with Crippen molar-refractivity contribution in [3.05, 3.63) is 29.8 Å². The highest BCUT2D eigenvalue weighted by atomic mass is 16.4. The fraction of sp³-hybridized carbons (Fsp3) is 0.579. The first-order valence-corrected chi connectivity index (χ1v) is 9.02. The second-order valence-corrected chi connectivity index (χ2v) is 6.78. The number of amides is 1. The molecule has 6 nitrogen and oxygen atoms in total. The van der Waals surface area contributed by atoms with Crippen LogP contribution >= 0.6 is 0 Å². The molecule has 1 N–H and O–H groups in total. The van der Waals surface area contributed by atoms with E-state index in [9.17, 15) is 9.59 Å².